The number of ether oxygens (including phenoxy) is 1. The van der Waals surface area contributed by atoms with Crippen LogP contribution in [0.25, 0.3) is 0 Å². The SMILES string of the molecule is OCC1(Nc2ncc(C(F)(F)F)cc2OC(F)F)CCCc2c1ccnc2Cl. The second-order valence-electron chi connectivity index (χ2n) is 6.29. The second-order valence-corrected chi connectivity index (χ2v) is 6.65. The molecule has 2 N–H and O–H groups in total. The quantitative estimate of drug-likeness (QED) is 0.551. The molecular weight excluding hydrogens is 409 g/mol. The van der Waals surface area contributed by atoms with Crippen LogP contribution in [-0.4, -0.2) is 28.3 Å². The van der Waals surface area contributed by atoms with Gasteiger partial charge in [-0.05, 0) is 42.5 Å². The predicted molar refractivity (Wildman–Crippen MR) is 90.4 cm³/mol. The molecule has 2 aromatic rings. The van der Waals surface area contributed by atoms with Crippen LogP contribution < -0.4 is 10.1 Å². The number of anilines is 1. The molecule has 0 radical (unpaired) electrons. The Morgan fingerprint density at radius 2 is 2.07 bits per heavy atom. The summed E-state index contributed by atoms with van der Waals surface area (Å²) in [6, 6.07) is 2.05. The first-order valence-corrected chi connectivity index (χ1v) is 8.59. The van der Waals surface area contributed by atoms with Crippen molar-refractivity contribution in [2.45, 2.75) is 37.6 Å². The standard InChI is InChI=1S/C17H15ClF5N3O2/c18-13-10-2-1-4-16(8-27,11(10)3-5-24-13)26-14-12(28-15(19)20)6-9(7-25-14)17(21,22)23/h3,5-7,15,27H,1-2,4,8H2,(H,25,26). The molecule has 0 spiro atoms. The summed E-state index contributed by atoms with van der Waals surface area (Å²) in [4.78, 5) is 7.62. The van der Waals surface area contributed by atoms with Gasteiger partial charge in [0.1, 0.15) is 5.15 Å². The molecule has 0 bridgehead atoms. The third-order valence-electron chi connectivity index (χ3n) is 4.57. The molecule has 0 aromatic carbocycles. The first-order valence-electron chi connectivity index (χ1n) is 8.21. The lowest BCUT2D eigenvalue weighted by molar-refractivity contribution is -0.138. The molecule has 1 atom stereocenters. The Balaban J connectivity index is 2.06. The molecule has 28 heavy (non-hydrogen) atoms. The van der Waals surface area contributed by atoms with E-state index in [1.54, 1.807) is 6.07 Å². The molecule has 1 aliphatic carbocycles. The summed E-state index contributed by atoms with van der Waals surface area (Å²) < 4.78 is 68.5. The predicted octanol–water partition coefficient (Wildman–Crippen LogP) is 4.39. The maximum Gasteiger partial charge on any atom is 0.418 e. The summed E-state index contributed by atoms with van der Waals surface area (Å²) in [5.41, 5.74) is -1.18. The zero-order valence-electron chi connectivity index (χ0n) is 14.2. The third kappa shape index (κ3) is 3.97. The van der Waals surface area contributed by atoms with Crippen LogP contribution in [0.15, 0.2) is 24.5 Å². The molecule has 2 heterocycles. The minimum Gasteiger partial charge on any atom is -0.431 e. The Kier molecular flexibility index (Phi) is 5.62. The molecule has 0 fully saturated rings. The number of hydrogen-bond donors (Lipinski definition) is 2. The normalized spacial score (nSPS) is 19.4. The summed E-state index contributed by atoms with van der Waals surface area (Å²) in [6.45, 7) is -3.83. The van der Waals surface area contributed by atoms with E-state index >= 15 is 0 Å². The maximum atomic E-state index is 12.9. The smallest absolute Gasteiger partial charge is 0.418 e. The molecule has 5 nitrogen and oxygen atoms in total. The van der Waals surface area contributed by atoms with E-state index in [2.05, 4.69) is 20.0 Å². The Morgan fingerprint density at radius 1 is 1.32 bits per heavy atom. The van der Waals surface area contributed by atoms with E-state index in [9.17, 15) is 27.1 Å². The van der Waals surface area contributed by atoms with Gasteiger partial charge < -0.3 is 15.2 Å². The van der Waals surface area contributed by atoms with Crippen molar-refractivity contribution in [2.75, 3.05) is 11.9 Å². The minimum absolute atomic E-state index is 0.237. The van der Waals surface area contributed by atoms with E-state index in [1.807, 2.05) is 0 Å². The number of rotatable bonds is 5. The van der Waals surface area contributed by atoms with Crippen LogP contribution in [-0.2, 0) is 18.1 Å². The van der Waals surface area contributed by atoms with Gasteiger partial charge in [0.05, 0.1) is 17.7 Å². The monoisotopic (exact) mass is 423 g/mol. The molecule has 1 aliphatic rings. The summed E-state index contributed by atoms with van der Waals surface area (Å²) in [5.74, 6) is -1.12. The van der Waals surface area contributed by atoms with Gasteiger partial charge in [0.25, 0.3) is 0 Å². The largest absolute Gasteiger partial charge is 0.431 e. The lowest BCUT2D eigenvalue weighted by Crippen LogP contribution is -2.43. The van der Waals surface area contributed by atoms with Crippen LogP contribution >= 0.6 is 11.6 Å². The lowest BCUT2D eigenvalue weighted by Gasteiger charge is -2.39. The van der Waals surface area contributed by atoms with Crippen molar-refractivity contribution in [2.24, 2.45) is 0 Å². The fourth-order valence-electron chi connectivity index (χ4n) is 3.29. The topological polar surface area (TPSA) is 67.3 Å². The molecule has 2 aromatic heterocycles. The number of aromatic nitrogens is 2. The van der Waals surface area contributed by atoms with Gasteiger partial charge in [-0.1, -0.05) is 11.6 Å². The van der Waals surface area contributed by atoms with E-state index in [1.165, 1.54) is 6.20 Å². The van der Waals surface area contributed by atoms with Gasteiger partial charge in [-0.2, -0.15) is 22.0 Å². The zero-order valence-corrected chi connectivity index (χ0v) is 15.0. The van der Waals surface area contributed by atoms with E-state index in [4.69, 9.17) is 11.6 Å². The van der Waals surface area contributed by atoms with Crippen LogP contribution in [0, 0.1) is 0 Å². The van der Waals surface area contributed by atoms with E-state index < -0.39 is 36.2 Å². The van der Waals surface area contributed by atoms with Crippen molar-refractivity contribution in [3.8, 4) is 5.75 Å². The molecule has 0 saturated carbocycles. The molecule has 3 rings (SSSR count). The van der Waals surface area contributed by atoms with Crippen LogP contribution in [0.4, 0.5) is 27.8 Å². The maximum absolute atomic E-state index is 12.9. The average molecular weight is 424 g/mol. The fraction of sp³-hybridized carbons (Fsp3) is 0.412. The van der Waals surface area contributed by atoms with E-state index in [0.29, 0.717) is 42.7 Å². The van der Waals surface area contributed by atoms with Gasteiger partial charge in [-0.15, -0.1) is 0 Å². The van der Waals surface area contributed by atoms with E-state index in [-0.39, 0.29) is 11.0 Å². The third-order valence-corrected chi connectivity index (χ3v) is 4.90. The highest BCUT2D eigenvalue weighted by Crippen LogP contribution is 2.42. The van der Waals surface area contributed by atoms with Crippen LogP contribution in [0.3, 0.4) is 0 Å². The Hall–Kier alpha value is -2.20. The minimum atomic E-state index is -4.78. The number of nitrogens with one attached hydrogen (secondary N) is 1. The summed E-state index contributed by atoms with van der Waals surface area (Å²) >= 11 is 6.12. The van der Waals surface area contributed by atoms with Crippen molar-refractivity contribution in [3.63, 3.8) is 0 Å². The molecule has 11 heteroatoms. The Labute approximate surface area is 161 Å². The first kappa shape index (κ1) is 20.5. The average Bonchev–Trinajstić information content (AvgIpc) is 2.62. The molecule has 0 amide bonds. The van der Waals surface area contributed by atoms with Gasteiger partial charge in [-0.3, -0.25) is 0 Å². The van der Waals surface area contributed by atoms with Crippen molar-refractivity contribution in [3.05, 3.63) is 46.4 Å². The number of fused-ring (bicyclic) bond motifs is 1. The Morgan fingerprint density at radius 3 is 2.71 bits per heavy atom. The van der Waals surface area contributed by atoms with Gasteiger partial charge in [0, 0.05) is 12.4 Å². The van der Waals surface area contributed by atoms with E-state index in [0.717, 1.165) is 0 Å². The number of halogens is 6. The van der Waals surface area contributed by atoms with Gasteiger partial charge >= 0.3 is 12.8 Å². The van der Waals surface area contributed by atoms with Crippen molar-refractivity contribution >= 4 is 17.4 Å². The van der Waals surface area contributed by atoms with Crippen LogP contribution in [0.5, 0.6) is 5.75 Å². The summed E-state index contributed by atoms with van der Waals surface area (Å²) in [5, 5.41) is 13.1. The van der Waals surface area contributed by atoms with Crippen LogP contribution in [0.1, 0.15) is 29.5 Å². The number of nitrogens with zero attached hydrogens (tertiary/aromatic N) is 2. The van der Waals surface area contributed by atoms with Crippen LogP contribution in [0.2, 0.25) is 5.15 Å². The molecule has 0 saturated heterocycles. The number of alkyl halides is 5. The zero-order chi connectivity index (χ0) is 20.5. The van der Waals surface area contributed by atoms with Crippen molar-refractivity contribution < 1.29 is 31.8 Å². The first-order chi connectivity index (χ1) is 13.2. The Bertz CT molecular complexity index is 865. The molecule has 1 unspecified atom stereocenters. The highest BCUT2D eigenvalue weighted by molar-refractivity contribution is 6.30. The number of hydrogen-bond acceptors (Lipinski definition) is 5. The number of aliphatic hydroxyl groups excluding tert-OH is 1. The lowest BCUT2D eigenvalue weighted by atomic mass is 9.77. The van der Waals surface area contributed by atoms with Gasteiger partial charge in [-0.25, -0.2) is 9.97 Å². The second kappa shape index (κ2) is 7.67. The summed E-state index contributed by atoms with van der Waals surface area (Å²) in [7, 11) is 0. The molecule has 0 aliphatic heterocycles. The molecular formula is C17H15ClF5N3O2. The summed E-state index contributed by atoms with van der Waals surface area (Å²) in [6.07, 6.45) is -1.31. The van der Waals surface area contributed by atoms with Crippen molar-refractivity contribution in [1.82, 2.24) is 9.97 Å². The number of pyridine rings is 2. The highest BCUT2D eigenvalue weighted by atomic mass is 35.5. The van der Waals surface area contributed by atoms with Gasteiger partial charge in [0.15, 0.2) is 11.6 Å². The highest BCUT2D eigenvalue weighted by Gasteiger charge is 2.39. The van der Waals surface area contributed by atoms with Crippen molar-refractivity contribution in [1.29, 1.82) is 0 Å². The number of aliphatic hydroxyl groups is 1. The molecule has 152 valence electrons. The van der Waals surface area contributed by atoms with Gasteiger partial charge in [0.2, 0.25) is 0 Å². The fourth-order valence-corrected chi connectivity index (χ4v) is 3.55.